The number of rotatable bonds is 4. The molecular formula is C26H19N5OS. The minimum atomic E-state index is -0.275. The second-order valence-corrected chi connectivity index (χ2v) is 7.79. The quantitative estimate of drug-likeness (QED) is 0.368. The summed E-state index contributed by atoms with van der Waals surface area (Å²) in [6.45, 7) is 0. The lowest BCUT2D eigenvalue weighted by Gasteiger charge is -2.10. The topological polar surface area (TPSA) is 71.8 Å². The average Bonchev–Trinajstić information content (AvgIpc) is 3.29. The monoisotopic (exact) mass is 449 g/mol. The fourth-order valence-corrected chi connectivity index (χ4v) is 3.66. The molecule has 33 heavy (non-hydrogen) atoms. The first kappa shape index (κ1) is 20.5. The molecule has 160 valence electrons. The van der Waals surface area contributed by atoms with Gasteiger partial charge in [0.2, 0.25) is 0 Å². The SMILES string of the molecule is O=C(NC(=S)Nc1ccc2nn(-c3ccccc3)nc2c1)c1ccc(-c2ccccc2)cc1. The molecule has 5 aromatic rings. The molecule has 1 aromatic heterocycles. The van der Waals surface area contributed by atoms with Gasteiger partial charge in [0.05, 0.1) is 5.69 Å². The number of thiocarbonyl (C=S) groups is 1. The zero-order valence-electron chi connectivity index (χ0n) is 17.5. The van der Waals surface area contributed by atoms with Crippen LogP contribution in [0.25, 0.3) is 27.8 Å². The van der Waals surface area contributed by atoms with E-state index in [0.29, 0.717) is 11.3 Å². The maximum Gasteiger partial charge on any atom is 0.257 e. The molecule has 6 nitrogen and oxygen atoms in total. The number of nitrogens with zero attached hydrogens (tertiary/aromatic N) is 3. The number of benzene rings is 4. The number of para-hydroxylation sites is 1. The van der Waals surface area contributed by atoms with Gasteiger partial charge in [0.25, 0.3) is 5.91 Å². The largest absolute Gasteiger partial charge is 0.332 e. The van der Waals surface area contributed by atoms with Gasteiger partial charge in [-0.2, -0.15) is 4.80 Å². The van der Waals surface area contributed by atoms with Crippen molar-refractivity contribution >= 4 is 40.0 Å². The number of anilines is 1. The molecule has 0 fully saturated rings. The number of fused-ring (bicyclic) bond motifs is 1. The molecule has 0 spiro atoms. The van der Waals surface area contributed by atoms with Crippen LogP contribution in [0.3, 0.4) is 0 Å². The third-order valence-corrected chi connectivity index (χ3v) is 5.31. The van der Waals surface area contributed by atoms with E-state index in [1.54, 1.807) is 16.9 Å². The molecule has 5 rings (SSSR count). The lowest BCUT2D eigenvalue weighted by molar-refractivity contribution is 0.0978. The lowest BCUT2D eigenvalue weighted by Crippen LogP contribution is -2.34. The van der Waals surface area contributed by atoms with Gasteiger partial charge in [0, 0.05) is 11.3 Å². The summed E-state index contributed by atoms with van der Waals surface area (Å²) in [5.41, 5.74) is 5.75. The molecule has 0 aliphatic rings. The van der Waals surface area contributed by atoms with E-state index in [4.69, 9.17) is 12.2 Å². The summed E-state index contributed by atoms with van der Waals surface area (Å²) < 4.78 is 0. The smallest absolute Gasteiger partial charge is 0.257 e. The molecule has 0 atom stereocenters. The number of carbonyl (C=O) groups is 1. The Morgan fingerprint density at radius 3 is 2.09 bits per heavy atom. The van der Waals surface area contributed by atoms with Crippen LogP contribution in [0.1, 0.15) is 10.4 Å². The molecule has 0 aliphatic heterocycles. The van der Waals surface area contributed by atoms with Gasteiger partial charge in [0.15, 0.2) is 5.11 Å². The summed E-state index contributed by atoms with van der Waals surface area (Å²) in [4.78, 5) is 14.2. The predicted octanol–water partition coefficient (Wildman–Crippen LogP) is 5.21. The van der Waals surface area contributed by atoms with Crippen LogP contribution in [0, 0.1) is 0 Å². The van der Waals surface area contributed by atoms with Crippen molar-refractivity contribution in [2.24, 2.45) is 0 Å². The van der Waals surface area contributed by atoms with Crippen molar-refractivity contribution in [1.29, 1.82) is 0 Å². The Bertz CT molecular complexity index is 1430. The summed E-state index contributed by atoms with van der Waals surface area (Å²) in [7, 11) is 0. The van der Waals surface area contributed by atoms with Crippen molar-refractivity contribution in [2.45, 2.75) is 0 Å². The van der Waals surface area contributed by atoms with Crippen molar-refractivity contribution in [3.8, 4) is 16.8 Å². The van der Waals surface area contributed by atoms with Crippen LogP contribution in [0.4, 0.5) is 5.69 Å². The Kier molecular flexibility index (Phi) is 5.61. The Labute approximate surface area is 195 Å². The van der Waals surface area contributed by atoms with E-state index in [0.717, 1.165) is 27.8 Å². The number of hydrogen-bond donors (Lipinski definition) is 2. The van der Waals surface area contributed by atoms with Crippen LogP contribution in [-0.2, 0) is 0 Å². The number of nitrogens with one attached hydrogen (secondary N) is 2. The van der Waals surface area contributed by atoms with Gasteiger partial charge in [0.1, 0.15) is 11.0 Å². The summed E-state index contributed by atoms with van der Waals surface area (Å²) in [5.74, 6) is -0.275. The molecule has 0 radical (unpaired) electrons. The molecule has 4 aromatic carbocycles. The molecule has 0 bridgehead atoms. The van der Waals surface area contributed by atoms with E-state index in [1.807, 2.05) is 91.0 Å². The molecular weight excluding hydrogens is 430 g/mol. The van der Waals surface area contributed by atoms with Gasteiger partial charge in [-0.15, -0.1) is 10.2 Å². The minimum absolute atomic E-state index is 0.210. The number of hydrogen-bond acceptors (Lipinski definition) is 4. The number of aromatic nitrogens is 3. The highest BCUT2D eigenvalue weighted by atomic mass is 32.1. The predicted molar refractivity (Wildman–Crippen MR) is 134 cm³/mol. The van der Waals surface area contributed by atoms with Crippen molar-refractivity contribution in [3.63, 3.8) is 0 Å². The van der Waals surface area contributed by atoms with E-state index in [1.165, 1.54) is 0 Å². The van der Waals surface area contributed by atoms with E-state index in [-0.39, 0.29) is 11.0 Å². The molecule has 2 N–H and O–H groups in total. The van der Waals surface area contributed by atoms with Gasteiger partial charge in [-0.1, -0.05) is 60.7 Å². The summed E-state index contributed by atoms with van der Waals surface area (Å²) >= 11 is 5.33. The van der Waals surface area contributed by atoms with Gasteiger partial charge < -0.3 is 5.32 Å². The van der Waals surface area contributed by atoms with Crippen LogP contribution in [-0.4, -0.2) is 26.0 Å². The van der Waals surface area contributed by atoms with Crippen molar-refractivity contribution in [1.82, 2.24) is 20.3 Å². The molecule has 1 amide bonds. The number of carbonyl (C=O) groups excluding carboxylic acids is 1. The Morgan fingerprint density at radius 1 is 0.727 bits per heavy atom. The second kappa shape index (κ2) is 9.02. The summed E-state index contributed by atoms with van der Waals surface area (Å²) in [5, 5.41) is 15.0. The maximum absolute atomic E-state index is 12.6. The lowest BCUT2D eigenvalue weighted by atomic mass is 10.0. The fraction of sp³-hybridized carbons (Fsp3) is 0. The van der Waals surface area contributed by atoms with E-state index in [2.05, 4.69) is 20.8 Å². The number of amides is 1. The summed E-state index contributed by atoms with van der Waals surface area (Å²) in [6.07, 6.45) is 0. The second-order valence-electron chi connectivity index (χ2n) is 7.38. The molecule has 1 heterocycles. The van der Waals surface area contributed by atoms with E-state index < -0.39 is 0 Å². The van der Waals surface area contributed by atoms with Gasteiger partial charge in [-0.3, -0.25) is 10.1 Å². The van der Waals surface area contributed by atoms with E-state index in [9.17, 15) is 4.79 Å². The first-order valence-corrected chi connectivity index (χ1v) is 10.8. The first-order valence-electron chi connectivity index (χ1n) is 10.4. The van der Waals surface area contributed by atoms with Crippen LogP contribution < -0.4 is 10.6 Å². The van der Waals surface area contributed by atoms with E-state index >= 15 is 0 Å². The van der Waals surface area contributed by atoms with Crippen LogP contribution in [0.2, 0.25) is 0 Å². The minimum Gasteiger partial charge on any atom is -0.332 e. The highest BCUT2D eigenvalue weighted by molar-refractivity contribution is 7.80. The Balaban J connectivity index is 1.25. The van der Waals surface area contributed by atoms with Crippen molar-refractivity contribution in [2.75, 3.05) is 5.32 Å². The third-order valence-electron chi connectivity index (χ3n) is 5.11. The van der Waals surface area contributed by atoms with Crippen LogP contribution in [0.5, 0.6) is 0 Å². The summed E-state index contributed by atoms with van der Waals surface area (Å²) in [6, 6.07) is 32.7. The molecule has 0 unspecified atom stereocenters. The average molecular weight is 450 g/mol. The van der Waals surface area contributed by atoms with Crippen LogP contribution >= 0.6 is 12.2 Å². The Hall–Kier alpha value is -4.36. The zero-order chi connectivity index (χ0) is 22.6. The molecule has 0 aliphatic carbocycles. The van der Waals surface area contributed by atoms with Gasteiger partial charge in [-0.25, -0.2) is 0 Å². The molecule has 0 saturated carbocycles. The van der Waals surface area contributed by atoms with Gasteiger partial charge >= 0.3 is 0 Å². The molecule has 0 saturated heterocycles. The fourth-order valence-electron chi connectivity index (χ4n) is 3.45. The Morgan fingerprint density at radius 2 is 1.36 bits per heavy atom. The van der Waals surface area contributed by atoms with Crippen molar-refractivity contribution in [3.05, 3.63) is 109 Å². The van der Waals surface area contributed by atoms with Crippen LogP contribution in [0.15, 0.2) is 103 Å². The first-order chi connectivity index (χ1) is 16.2. The molecule has 7 heteroatoms. The van der Waals surface area contributed by atoms with Gasteiger partial charge in [-0.05, 0) is 65.8 Å². The zero-order valence-corrected chi connectivity index (χ0v) is 18.3. The standard InChI is InChI=1S/C26H19N5OS/c32-25(20-13-11-19(12-14-20)18-7-3-1-4-8-18)28-26(33)27-21-15-16-23-24(17-21)30-31(29-23)22-9-5-2-6-10-22/h1-17H,(H2,27,28,32,33). The highest BCUT2D eigenvalue weighted by Gasteiger charge is 2.10. The van der Waals surface area contributed by atoms with Crippen molar-refractivity contribution < 1.29 is 4.79 Å². The maximum atomic E-state index is 12.6. The normalized spacial score (nSPS) is 10.7. The highest BCUT2D eigenvalue weighted by Crippen LogP contribution is 2.20. The third kappa shape index (κ3) is 4.63.